The molecule has 0 radical (unpaired) electrons. The number of hydrogen-bond acceptors (Lipinski definition) is 5. The highest BCUT2D eigenvalue weighted by molar-refractivity contribution is 5.87. The van der Waals surface area contributed by atoms with Gasteiger partial charge in [0.25, 0.3) is 0 Å². The Bertz CT molecular complexity index is 1060. The summed E-state index contributed by atoms with van der Waals surface area (Å²) in [7, 11) is 0. The van der Waals surface area contributed by atoms with Crippen molar-refractivity contribution in [2.24, 2.45) is 5.92 Å². The summed E-state index contributed by atoms with van der Waals surface area (Å²) in [5.41, 5.74) is 3.03. The third-order valence-electron chi connectivity index (χ3n) is 6.93. The lowest BCUT2D eigenvalue weighted by atomic mass is 9.99. The topological polar surface area (TPSA) is 77.2 Å². The van der Waals surface area contributed by atoms with Gasteiger partial charge in [0.05, 0.1) is 23.7 Å². The minimum atomic E-state index is 0.191. The molecule has 7 heteroatoms. The van der Waals surface area contributed by atoms with E-state index in [1.807, 2.05) is 23.1 Å². The van der Waals surface area contributed by atoms with Crippen LogP contribution in [0.4, 0.5) is 5.82 Å². The van der Waals surface area contributed by atoms with Crippen LogP contribution in [0.15, 0.2) is 42.5 Å². The number of aromatic nitrogens is 3. The number of benzene rings is 1. The van der Waals surface area contributed by atoms with E-state index in [0.29, 0.717) is 6.54 Å². The molecule has 2 aromatic heterocycles. The maximum absolute atomic E-state index is 12.9. The largest absolute Gasteiger partial charge is 0.364 e. The van der Waals surface area contributed by atoms with Crippen LogP contribution < -0.4 is 5.32 Å². The summed E-state index contributed by atoms with van der Waals surface area (Å²) in [5.74, 6) is 1.82. The zero-order valence-electron chi connectivity index (χ0n) is 18.8. The van der Waals surface area contributed by atoms with Crippen molar-refractivity contribution >= 4 is 22.8 Å². The lowest BCUT2D eigenvalue weighted by Gasteiger charge is -2.32. The summed E-state index contributed by atoms with van der Waals surface area (Å²) in [6.07, 6.45) is 4.37. The van der Waals surface area contributed by atoms with E-state index in [0.717, 1.165) is 80.3 Å². The lowest BCUT2D eigenvalue weighted by molar-refractivity contribution is -0.134. The van der Waals surface area contributed by atoms with E-state index in [2.05, 4.69) is 51.6 Å². The second-order valence-corrected chi connectivity index (χ2v) is 9.24. The number of fused-ring (bicyclic) bond motifs is 1. The first kappa shape index (κ1) is 20.9. The van der Waals surface area contributed by atoms with Gasteiger partial charge in [-0.15, -0.1) is 0 Å². The number of rotatable bonds is 6. The molecule has 5 rings (SSSR count). The van der Waals surface area contributed by atoms with Gasteiger partial charge in [-0.25, -0.2) is 4.98 Å². The molecule has 1 amide bonds. The van der Waals surface area contributed by atoms with E-state index in [1.165, 1.54) is 5.56 Å². The van der Waals surface area contributed by atoms with Crippen LogP contribution in [0.2, 0.25) is 0 Å². The Morgan fingerprint density at radius 3 is 2.72 bits per heavy atom. The summed E-state index contributed by atoms with van der Waals surface area (Å²) in [5, 5.41) is 11.9. The number of hydrogen-bond donors (Lipinski definition) is 2. The normalized spacial score (nSPS) is 20.2. The predicted molar refractivity (Wildman–Crippen MR) is 126 cm³/mol. The molecular weight excluding hydrogens is 400 g/mol. The third-order valence-corrected chi connectivity index (χ3v) is 6.93. The number of carbonyl (C=O) groups excluding carboxylic acids is 1. The number of H-pyrrole nitrogens is 1. The van der Waals surface area contributed by atoms with Crippen molar-refractivity contribution < 1.29 is 4.79 Å². The molecular formula is C25H32N6O. The highest BCUT2D eigenvalue weighted by Crippen LogP contribution is 2.32. The molecule has 168 valence electrons. The molecule has 1 aromatic carbocycles. The molecule has 0 bridgehead atoms. The first-order valence-electron chi connectivity index (χ1n) is 11.8. The Hall–Kier alpha value is -2.93. The molecule has 0 aliphatic carbocycles. The lowest BCUT2D eigenvalue weighted by Crippen LogP contribution is -2.43. The number of nitrogens with one attached hydrogen (secondary N) is 2. The first-order chi connectivity index (χ1) is 15.7. The Balaban J connectivity index is 1.26. The van der Waals surface area contributed by atoms with E-state index in [4.69, 9.17) is 4.98 Å². The molecule has 1 unspecified atom stereocenters. The van der Waals surface area contributed by atoms with Gasteiger partial charge in [-0.1, -0.05) is 37.3 Å². The fourth-order valence-corrected chi connectivity index (χ4v) is 4.90. The van der Waals surface area contributed by atoms with Crippen molar-refractivity contribution in [2.75, 3.05) is 31.5 Å². The van der Waals surface area contributed by atoms with Crippen LogP contribution in [0.3, 0.4) is 0 Å². The molecule has 2 saturated heterocycles. The molecule has 0 saturated carbocycles. The third kappa shape index (κ3) is 4.48. The number of likely N-dealkylation sites (tertiary alicyclic amines) is 2. The van der Waals surface area contributed by atoms with Crippen molar-refractivity contribution in [3.05, 3.63) is 53.7 Å². The molecule has 1 atom stereocenters. The van der Waals surface area contributed by atoms with Gasteiger partial charge in [0.1, 0.15) is 0 Å². The monoisotopic (exact) mass is 432 g/mol. The molecule has 2 aliphatic heterocycles. The average Bonchev–Trinajstić information content (AvgIpc) is 3.45. The van der Waals surface area contributed by atoms with Gasteiger partial charge in [0, 0.05) is 19.6 Å². The van der Waals surface area contributed by atoms with Crippen molar-refractivity contribution in [2.45, 2.75) is 45.2 Å². The minimum absolute atomic E-state index is 0.191. The van der Waals surface area contributed by atoms with Gasteiger partial charge < -0.3 is 10.2 Å². The maximum Gasteiger partial charge on any atom is 0.236 e. The summed E-state index contributed by atoms with van der Waals surface area (Å²) in [4.78, 5) is 22.1. The van der Waals surface area contributed by atoms with Crippen LogP contribution in [0.5, 0.6) is 0 Å². The standard InChI is InChI=1S/C25H32N6O/c1-18-11-14-30(15-12-18)23(32)17-31-13-5-8-22(31)21-10-9-20-24(28-29-25(20)27-21)26-16-19-6-3-2-4-7-19/h2-4,6-7,9-10,18,22H,5,8,11-17H2,1H3,(H2,26,27,28,29). The zero-order chi connectivity index (χ0) is 21.9. The van der Waals surface area contributed by atoms with Crippen LogP contribution in [0.25, 0.3) is 11.0 Å². The molecule has 3 aromatic rings. The van der Waals surface area contributed by atoms with Crippen molar-refractivity contribution in [1.82, 2.24) is 25.0 Å². The number of pyridine rings is 1. The number of amides is 1. The molecule has 2 aliphatic rings. The van der Waals surface area contributed by atoms with Crippen molar-refractivity contribution in [1.29, 1.82) is 0 Å². The molecule has 32 heavy (non-hydrogen) atoms. The molecule has 2 N–H and O–H groups in total. The minimum Gasteiger partial charge on any atom is -0.364 e. The van der Waals surface area contributed by atoms with Gasteiger partial charge in [-0.05, 0) is 55.8 Å². The maximum atomic E-state index is 12.9. The van der Waals surface area contributed by atoms with Crippen LogP contribution in [-0.2, 0) is 11.3 Å². The highest BCUT2D eigenvalue weighted by atomic mass is 16.2. The number of aromatic amines is 1. The van der Waals surface area contributed by atoms with E-state index >= 15 is 0 Å². The van der Waals surface area contributed by atoms with Gasteiger partial charge >= 0.3 is 0 Å². The zero-order valence-corrected chi connectivity index (χ0v) is 18.8. The Labute approximate surface area is 189 Å². The SMILES string of the molecule is CC1CCN(C(=O)CN2CCCC2c2ccc3c(NCc4ccccc4)n[nH]c3n2)CC1. The number of piperidine rings is 1. The highest BCUT2D eigenvalue weighted by Gasteiger charge is 2.31. The van der Waals surface area contributed by atoms with Crippen LogP contribution >= 0.6 is 0 Å². The van der Waals surface area contributed by atoms with E-state index < -0.39 is 0 Å². The van der Waals surface area contributed by atoms with Crippen LogP contribution in [0.1, 0.15) is 49.9 Å². The van der Waals surface area contributed by atoms with Gasteiger partial charge in [-0.2, -0.15) is 5.10 Å². The van der Waals surface area contributed by atoms with Gasteiger partial charge in [0.2, 0.25) is 5.91 Å². The fourth-order valence-electron chi connectivity index (χ4n) is 4.90. The van der Waals surface area contributed by atoms with Crippen LogP contribution in [0, 0.1) is 5.92 Å². The Morgan fingerprint density at radius 1 is 1.09 bits per heavy atom. The molecule has 4 heterocycles. The first-order valence-corrected chi connectivity index (χ1v) is 11.8. The van der Waals surface area contributed by atoms with Crippen molar-refractivity contribution in [3.8, 4) is 0 Å². The fraction of sp³-hybridized carbons (Fsp3) is 0.480. The second kappa shape index (κ2) is 9.28. The molecule has 0 spiro atoms. The summed E-state index contributed by atoms with van der Waals surface area (Å²) >= 11 is 0. The number of nitrogens with zero attached hydrogens (tertiary/aromatic N) is 4. The van der Waals surface area contributed by atoms with Crippen LogP contribution in [-0.4, -0.2) is 57.1 Å². The summed E-state index contributed by atoms with van der Waals surface area (Å²) in [6, 6.07) is 14.7. The average molecular weight is 433 g/mol. The predicted octanol–water partition coefficient (Wildman–Crippen LogP) is 3.97. The quantitative estimate of drug-likeness (QED) is 0.616. The molecule has 2 fully saturated rings. The Kier molecular flexibility index (Phi) is 6.08. The van der Waals surface area contributed by atoms with E-state index in [1.54, 1.807) is 0 Å². The number of carbonyl (C=O) groups is 1. The summed E-state index contributed by atoms with van der Waals surface area (Å²) < 4.78 is 0. The van der Waals surface area contributed by atoms with E-state index in [-0.39, 0.29) is 11.9 Å². The van der Waals surface area contributed by atoms with Gasteiger partial charge in [0.15, 0.2) is 11.5 Å². The summed E-state index contributed by atoms with van der Waals surface area (Å²) in [6.45, 7) is 6.23. The van der Waals surface area contributed by atoms with Crippen molar-refractivity contribution in [3.63, 3.8) is 0 Å². The smallest absolute Gasteiger partial charge is 0.236 e. The second-order valence-electron chi connectivity index (χ2n) is 9.24. The molecule has 7 nitrogen and oxygen atoms in total. The Morgan fingerprint density at radius 2 is 1.91 bits per heavy atom. The van der Waals surface area contributed by atoms with Gasteiger partial charge in [-0.3, -0.25) is 14.8 Å². The van der Waals surface area contributed by atoms with E-state index in [9.17, 15) is 4.79 Å². The number of anilines is 1.